The van der Waals surface area contributed by atoms with E-state index in [2.05, 4.69) is 6.58 Å². The quantitative estimate of drug-likeness (QED) is 0.0985. The van der Waals surface area contributed by atoms with E-state index in [0.29, 0.717) is 45.8 Å². The lowest BCUT2D eigenvalue weighted by atomic mass is 9.96. The monoisotopic (exact) mass is 667 g/mol. The first kappa shape index (κ1) is 32.1. The predicted octanol–water partition coefficient (Wildman–Crippen LogP) is 6.31. The molecule has 1 amide bonds. The molecule has 0 bridgehead atoms. The number of nitrogens with zero attached hydrogens (tertiary/aromatic N) is 5. The van der Waals surface area contributed by atoms with Gasteiger partial charge in [-0.25, -0.2) is 22.5 Å². The molecule has 1 aliphatic heterocycles. The van der Waals surface area contributed by atoms with E-state index in [0.717, 1.165) is 16.7 Å². The van der Waals surface area contributed by atoms with Crippen LogP contribution in [0.3, 0.4) is 0 Å². The van der Waals surface area contributed by atoms with Crippen molar-refractivity contribution >= 4 is 27.3 Å². The molecule has 1 atom stereocenters. The van der Waals surface area contributed by atoms with Gasteiger partial charge in [0.05, 0.1) is 42.7 Å². The van der Waals surface area contributed by atoms with E-state index in [4.69, 9.17) is 19.6 Å². The third-order valence-corrected chi connectivity index (χ3v) is 8.92. The van der Waals surface area contributed by atoms with E-state index < -0.39 is 30.2 Å². The van der Waals surface area contributed by atoms with E-state index in [9.17, 15) is 22.8 Å². The number of thiophene rings is 1. The first-order valence-corrected chi connectivity index (χ1v) is 15.5. The summed E-state index contributed by atoms with van der Waals surface area (Å²) in [6.07, 6.45) is -0.192. The summed E-state index contributed by atoms with van der Waals surface area (Å²) >= 11 is 1.27. The highest BCUT2D eigenvalue weighted by molar-refractivity contribution is 7.18. The molecule has 0 unspecified atom stereocenters. The average Bonchev–Trinajstić information content (AvgIpc) is 3.70. The molecule has 244 valence electrons. The van der Waals surface area contributed by atoms with Gasteiger partial charge in [0.15, 0.2) is 0 Å². The van der Waals surface area contributed by atoms with E-state index in [1.165, 1.54) is 42.9 Å². The zero-order valence-corrected chi connectivity index (χ0v) is 26.2. The van der Waals surface area contributed by atoms with Crippen molar-refractivity contribution in [1.29, 1.82) is 0 Å². The minimum absolute atomic E-state index is 0.0131. The summed E-state index contributed by atoms with van der Waals surface area (Å²) < 4.78 is 70.8. The molecule has 9 nitrogen and oxygen atoms in total. The lowest BCUT2D eigenvalue weighted by Gasteiger charge is -2.33. The number of fused-ring (bicyclic) bond motifs is 2. The maximum Gasteiger partial charge on any atom is 0.256 e. The molecule has 47 heavy (non-hydrogen) atoms. The molecule has 1 aliphatic rings. The molecule has 1 aromatic carbocycles. The van der Waals surface area contributed by atoms with Crippen molar-refractivity contribution in [3.8, 4) is 39.5 Å². The van der Waals surface area contributed by atoms with Crippen molar-refractivity contribution < 1.29 is 31.8 Å². The van der Waals surface area contributed by atoms with Crippen LogP contribution in [0.25, 0.3) is 43.9 Å². The third kappa shape index (κ3) is 6.05. The fourth-order valence-electron chi connectivity index (χ4n) is 5.79. The van der Waals surface area contributed by atoms with Crippen LogP contribution < -0.4 is 10.3 Å². The van der Waals surface area contributed by atoms with Crippen LogP contribution in [-0.2, 0) is 22.6 Å². The second-order valence-electron chi connectivity index (χ2n) is 10.8. The van der Waals surface area contributed by atoms with Gasteiger partial charge in [-0.2, -0.15) is 5.10 Å². The zero-order valence-electron chi connectivity index (χ0n) is 25.4. The Kier molecular flexibility index (Phi) is 8.97. The summed E-state index contributed by atoms with van der Waals surface area (Å²) in [5, 5.41) is 7.13. The van der Waals surface area contributed by atoms with Crippen LogP contribution in [0.15, 0.2) is 65.4 Å². The number of pyridine rings is 2. The Morgan fingerprint density at radius 1 is 1.13 bits per heavy atom. The Bertz CT molecular complexity index is 2060. The Morgan fingerprint density at radius 3 is 2.66 bits per heavy atom. The van der Waals surface area contributed by atoms with Gasteiger partial charge in [0.1, 0.15) is 35.4 Å². The highest BCUT2D eigenvalue weighted by atomic mass is 32.1. The highest BCUT2D eigenvalue weighted by Gasteiger charge is 2.31. The Balaban J connectivity index is 1.62. The minimum Gasteiger partial charge on any atom is -0.490 e. The molecule has 6 rings (SSSR count). The second kappa shape index (κ2) is 13.1. The number of ether oxygens (including phenoxy) is 2. The van der Waals surface area contributed by atoms with Crippen molar-refractivity contribution in [3.05, 3.63) is 88.3 Å². The molecule has 14 heteroatoms. The number of hydrogen-bond acceptors (Lipinski definition) is 7. The number of hydrogen-bond donors (Lipinski definition) is 0. The Morgan fingerprint density at radius 2 is 1.94 bits per heavy atom. The normalized spacial score (nSPS) is 14.5. The van der Waals surface area contributed by atoms with Gasteiger partial charge in [-0.05, 0) is 36.6 Å². The van der Waals surface area contributed by atoms with Crippen molar-refractivity contribution in [1.82, 2.24) is 24.2 Å². The lowest BCUT2D eigenvalue weighted by molar-refractivity contribution is -0.129. The molecule has 0 fully saturated rings. The fraction of sp³-hybridized carbons (Fsp3) is 0.273. The van der Waals surface area contributed by atoms with Crippen LogP contribution in [-0.4, -0.2) is 63.4 Å². The molecule has 5 aromatic rings. The van der Waals surface area contributed by atoms with Crippen molar-refractivity contribution in [3.63, 3.8) is 0 Å². The van der Waals surface area contributed by atoms with Gasteiger partial charge in [-0.15, -0.1) is 11.3 Å². The standard InChI is InChI=1S/C33H29F4N5O4S/c1-4-27(43)41-8-9-42-24(18(41)2)16-23(39-42)32-30(29-22(35)14-20(34)15-25(29)46-11-10-45-3)33-21(6-12-47-33)31(38-32)19-5-7-40(17-26(36)37)28(44)13-19/h4-7,12-16,18,26H,1,8-11,17H2,2-3H3/t18-/m1/s1. The van der Waals surface area contributed by atoms with Gasteiger partial charge in [-0.1, -0.05) is 6.58 Å². The molecule has 0 aliphatic carbocycles. The zero-order chi connectivity index (χ0) is 33.4. The van der Waals surface area contributed by atoms with Crippen LogP contribution in [0.4, 0.5) is 17.6 Å². The van der Waals surface area contributed by atoms with Gasteiger partial charge in [-0.3, -0.25) is 14.3 Å². The summed E-state index contributed by atoms with van der Waals surface area (Å²) in [7, 11) is 1.48. The predicted molar refractivity (Wildman–Crippen MR) is 170 cm³/mol. The summed E-state index contributed by atoms with van der Waals surface area (Å²) in [4.78, 5) is 32.0. The number of halogens is 4. The number of alkyl halides is 2. The van der Waals surface area contributed by atoms with Gasteiger partial charge >= 0.3 is 0 Å². The molecule has 0 N–H and O–H groups in total. The van der Waals surface area contributed by atoms with E-state index in [-0.39, 0.29) is 47.7 Å². The topological polar surface area (TPSA) is 91.5 Å². The van der Waals surface area contributed by atoms with Gasteiger partial charge in [0.25, 0.3) is 12.0 Å². The molecule has 0 saturated heterocycles. The highest BCUT2D eigenvalue weighted by Crippen LogP contribution is 2.47. The maximum absolute atomic E-state index is 16.0. The number of aromatic nitrogens is 4. The average molecular weight is 668 g/mol. The SMILES string of the molecule is C=CC(=O)N1CCn2nc(-c3nc(-c4ccn(CC(F)F)c(=O)c4)c4ccsc4c3-c3c(F)cc(F)cc3OCCOC)cc2[C@H]1C. The number of amides is 1. The summed E-state index contributed by atoms with van der Waals surface area (Å²) in [5.41, 5.74) is 1.55. The van der Waals surface area contributed by atoms with Crippen LogP contribution in [0, 0.1) is 11.6 Å². The number of carbonyl (C=O) groups excluding carboxylic acids is 1. The number of benzene rings is 1. The van der Waals surface area contributed by atoms with Gasteiger partial charge < -0.3 is 18.9 Å². The number of carbonyl (C=O) groups is 1. The van der Waals surface area contributed by atoms with Gasteiger partial charge in [0.2, 0.25) is 5.91 Å². The summed E-state index contributed by atoms with van der Waals surface area (Å²) in [5.74, 6) is -2.03. The number of rotatable bonds is 10. The fourth-order valence-corrected chi connectivity index (χ4v) is 6.74. The van der Waals surface area contributed by atoms with Crippen LogP contribution in [0.2, 0.25) is 0 Å². The summed E-state index contributed by atoms with van der Waals surface area (Å²) in [6.45, 7) is 5.63. The Hall–Kier alpha value is -4.82. The smallest absolute Gasteiger partial charge is 0.256 e. The molecule has 5 heterocycles. The molecule has 0 saturated carbocycles. The maximum atomic E-state index is 16.0. The van der Waals surface area contributed by atoms with Gasteiger partial charge in [0, 0.05) is 59.3 Å². The van der Waals surface area contributed by atoms with Crippen molar-refractivity contribution in [2.24, 2.45) is 0 Å². The van der Waals surface area contributed by atoms with E-state index >= 15 is 4.39 Å². The molecule has 4 aromatic heterocycles. The largest absolute Gasteiger partial charge is 0.490 e. The van der Waals surface area contributed by atoms with Crippen LogP contribution in [0.1, 0.15) is 18.7 Å². The molecular weight excluding hydrogens is 638 g/mol. The van der Waals surface area contributed by atoms with Crippen LogP contribution in [0.5, 0.6) is 5.75 Å². The Labute approximate surface area is 270 Å². The lowest BCUT2D eigenvalue weighted by Crippen LogP contribution is -2.40. The first-order chi connectivity index (χ1) is 22.6. The van der Waals surface area contributed by atoms with Crippen LogP contribution >= 0.6 is 11.3 Å². The van der Waals surface area contributed by atoms with E-state index in [1.807, 2.05) is 6.92 Å². The van der Waals surface area contributed by atoms with E-state index in [1.54, 1.807) is 27.1 Å². The third-order valence-electron chi connectivity index (χ3n) is 7.99. The first-order valence-electron chi connectivity index (χ1n) is 14.6. The molecule has 0 radical (unpaired) electrons. The minimum atomic E-state index is -2.72. The van der Waals surface area contributed by atoms with Crippen molar-refractivity contribution in [2.45, 2.75) is 32.5 Å². The molecule has 0 spiro atoms. The van der Waals surface area contributed by atoms with Crippen molar-refractivity contribution in [2.75, 3.05) is 26.9 Å². The number of methoxy groups -OCH3 is 1. The second-order valence-corrected chi connectivity index (χ2v) is 11.8. The molecular formula is C33H29F4N5O4S. The summed E-state index contributed by atoms with van der Waals surface area (Å²) in [6, 6.07) is 7.74.